The van der Waals surface area contributed by atoms with E-state index in [-0.39, 0.29) is 0 Å². The zero-order chi connectivity index (χ0) is 15.2. The van der Waals surface area contributed by atoms with Gasteiger partial charge in [-0.05, 0) is 0 Å². The lowest BCUT2D eigenvalue weighted by Crippen LogP contribution is -2.47. The number of hydrogen-bond donors (Lipinski definition) is 1. The van der Waals surface area contributed by atoms with Gasteiger partial charge in [0.05, 0.1) is 0 Å². The maximum Gasteiger partial charge on any atom is 0.499 e. The first-order valence-corrected chi connectivity index (χ1v) is 7.53. The summed E-state index contributed by atoms with van der Waals surface area (Å²) in [6.45, 7) is 0. The normalized spacial score (nSPS) is 16.9. The van der Waals surface area contributed by atoms with Crippen molar-refractivity contribution in [2.75, 3.05) is 0 Å². The van der Waals surface area contributed by atoms with Crippen molar-refractivity contribution in [2.45, 2.75) is 14.9 Å². The molecule has 18 heavy (non-hydrogen) atoms. The van der Waals surface area contributed by atoms with Gasteiger partial charge < -0.3 is 4.55 Å². The first-order chi connectivity index (χ1) is 7.57. The zero-order valence-electron chi connectivity index (χ0n) is 7.56. The zero-order valence-corrected chi connectivity index (χ0v) is 10.0. The van der Waals surface area contributed by atoms with Gasteiger partial charge in [0.25, 0.3) is 23.6 Å². The van der Waals surface area contributed by atoms with Gasteiger partial charge in [-0.25, -0.2) is 21.0 Å². The molecule has 0 aliphatic rings. The number of hydrogen-bond acceptors (Lipinski definition) is 5. The SMILES string of the molecule is O=S(O)C(S(=O)(=O)C(F)(F)F)S(=O)(=O)C(F)(F)F. The molecule has 1 N–H and O–H groups in total. The van der Waals surface area contributed by atoms with Gasteiger partial charge >= 0.3 is 11.0 Å². The first-order valence-electron chi connectivity index (χ1n) is 3.27. The van der Waals surface area contributed by atoms with Gasteiger partial charge in [0.2, 0.25) is 0 Å². The molecule has 0 saturated carbocycles. The molecule has 0 bridgehead atoms. The van der Waals surface area contributed by atoms with Crippen molar-refractivity contribution >= 4 is 30.8 Å². The molecule has 0 aromatic heterocycles. The summed E-state index contributed by atoms with van der Waals surface area (Å²) in [7, 11) is -14.1. The van der Waals surface area contributed by atoms with E-state index in [1.807, 2.05) is 0 Å². The lowest BCUT2D eigenvalue weighted by Gasteiger charge is -2.17. The summed E-state index contributed by atoms with van der Waals surface area (Å²) in [5.74, 6) is 0. The highest BCUT2D eigenvalue weighted by Crippen LogP contribution is 2.37. The monoisotopic (exact) mass is 344 g/mol. The molecule has 0 aliphatic heterocycles. The highest BCUT2D eigenvalue weighted by Gasteiger charge is 2.65. The fourth-order valence-electron chi connectivity index (χ4n) is 0.602. The second-order valence-corrected chi connectivity index (χ2v) is 8.51. The van der Waals surface area contributed by atoms with Crippen LogP contribution in [0.2, 0.25) is 0 Å². The number of sulfone groups is 2. The van der Waals surface area contributed by atoms with Crippen LogP contribution in [0.4, 0.5) is 26.3 Å². The third-order valence-electron chi connectivity index (χ3n) is 1.32. The summed E-state index contributed by atoms with van der Waals surface area (Å²) in [4.78, 5) is 0. The van der Waals surface area contributed by atoms with E-state index in [2.05, 4.69) is 0 Å². The van der Waals surface area contributed by atoms with Gasteiger partial charge in [0, 0.05) is 0 Å². The van der Waals surface area contributed by atoms with Crippen LogP contribution < -0.4 is 0 Å². The molecule has 0 saturated heterocycles. The van der Waals surface area contributed by atoms with Crippen molar-refractivity contribution in [1.82, 2.24) is 0 Å². The minimum absolute atomic E-state index is 4.45. The van der Waals surface area contributed by atoms with Crippen molar-refractivity contribution in [3.8, 4) is 0 Å². The number of alkyl halides is 6. The van der Waals surface area contributed by atoms with E-state index in [9.17, 15) is 47.4 Å². The fourth-order valence-corrected chi connectivity index (χ4v) is 5.42. The molecule has 1 atom stereocenters. The molecule has 0 amide bonds. The average Bonchev–Trinajstić information content (AvgIpc) is 1.96. The minimum atomic E-state index is -7.04. The smallest absolute Gasteiger partial charge is 0.304 e. The van der Waals surface area contributed by atoms with Crippen molar-refractivity contribution in [3.05, 3.63) is 0 Å². The lowest BCUT2D eigenvalue weighted by molar-refractivity contribution is -0.0462. The van der Waals surface area contributed by atoms with Crippen molar-refractivity contribution in [3.63, 3.8) is 0 Å². The Labute approximate surface area is 98.1 Å². The van der Waals surface area contributed by atoms with Crippen LogP contribution in [0.25, 0.3) is 0 Å². The average molecular weight is 344 g/mol. The molecule has 0 aromatic carbocycles. The Balaban J connectivity index is 6.23. The maximum absolute atomic E-state index is 11.9. The maximum atomic E-state index is 11.9. The van der Waals surface area contributed by atoms with E-state index in [1.165, 1.54) is 0 Å². The molecule has 0 fully saturated rings. The van der Waals surface area contributed by atoms with Crippen LogP contribution >= 0.6 is 0 Å². The highest BCUT2D eigenvalue weighted by molar-refractivity contribution is 8.21. The Kier molecular flexibility index (Phi) is 4.50. The second kappa shape index (κ2) is 4.61. The molecule has 15 heteroatoms. The summed E-state index contributed by atoms with van der Waals surface area (Å²) in [6, 6.07) is 0. The Morgan fingerprint density at radius 2 is 1.06 bits per heavy atom. The molecule has 0 rings (SSSR count). The summed E-state index contributed by atoms with van der Waals surface area (Å²) in [5, 5.41) is 0. The molecule has 0 heterocycles. The quantitative estimate of drug-likeness (QED) is 0.585. The van der Waals surface area contributed by atoms with Crippen molar-refractivity contribution < 1.29 is 51.9 Å². The molecular formula is C3H2F6O6S3. The molecular weight excluding hydrogens is 342 g/mol. The molecule has 1 unspecified atom stereocenters. The molecule has 0 aromatic rings. The van der Waals surface area contributed by atoms with Crippen molar-refractivity contribution in [1.29, 1.82) is 0 Å². The topological polar surface area (TPSA) is 106 Å². The largest absolute Gasteiger partial charge is 0.499 e. The predicted octanol–water partition coefficient (Wildman–Crippen LogP) is 0.361. The standard InChI is InChI=1S/C3H2F6O6S3/c4-2(5,6)17(12,13)1(16(10)11)18(14,15)3(7,8)9/h1H,(H,10,11). The second-order valence-electron chi connectivity index (χ2n) is 2.55. The fraction of sp³-hybridized carbons (Fsp3) is 1.00. The number of rotatable bonds is 3. The Bertz CT molecular complexity index is 494. The lowest BCUT2D eigenvalue weighted by atomic mass is 11.5. The predicted molar refractivity (Wildman–Crippen MR) is 44.5 cm³/mol. The van der Waals surface area contributed by atoms with E-state index in [1.54, 1.807) is 0 Å². The Morgan fingerprint density at radius 1 is 0.833 bits per heavy atom. The Morgan fingerprint density at radius 3 is 1.17 bits per heavy atom. The third-order valence-corrected chi connectivity index (χ3v) is 7.98. The van der Waals surface area contributed by atoms with Crippen LogP contribution in [-0.2, 0) is 30.8 Å². The van der Waals surface area contributed by atoms with Crippen LogP contribution in [0.3, 0.4) is 0 Å². The molecule has 0 aliphatic carbocycles. The van der Waals surface area contributed by atoms with Crippen LogP contribution in [0, 0.1) is 0 Å². The van der Waals surface area contributed by atoms with Crippen molar-refractivity contribution in [2.24, 2.45) is 0 Å². The van der Waals surface area contributed by atoms with Crippen LogP contribution in [-0.4, -0.2) is 40.5 Å². The van der Waals surface area contributed by atoms with E-state index in [0.717, 1.165) is 0 Å². The van der Waals surface area contributed by atoms with Crippen LogP contribution in [0.15, 0.2) is 0 Å². The molecule has 6 nitrogen and oxygen atoms in total. The van der Waals surface area contributed by atoms with Gasteiger partial charge in [-0.2, -0.15) is 26.3 Å². The summed E-state index contributed by atoms with van der Waals surface area (Å²) < 4.78 is 127. The molecule has 0 radical (unpaired) electrons. The van der Waals surface area contributed by atoms with Gasteiger partial charge in [-0.15, -0.1) is 0 Å². The van der Waals surface area contributed by atoms with Gasteiger partial charge in [0.15, 0.2) is 11.1 Å². The third kappa shape index (κ3) is 2.94. The summed E-state index contributed by atoms with van der Waals surface area (Å²) in [5.41, 5.74) is -12.9. The summed E-state index contributed by atoms with van der Waals surface area (Å²) >= 11 is -4.45. The minimum Gasteiger partial charge on any atom is -0.304 e. The van der Waals surface area contributed by atoms with Crippen LogP contribution in [0.1, 0.15) is 0 Å². The van der Waals surface area contributed by atoms with E-state index in [4.69, 9.17) is 4.55 Å². The van der Waals surface area contributed by atoms with Crippen LogP contribution in [0.5, 0.6) is 0 Å². The molecule has 0 spiro atoms. The van der Waals surface area contributed by atoms with Gasteiger partial charge in [0.1, 0.15) is 0 Å². The highest BCUT2D eigenvalue weighted by atomic mass is 32.3. The van der Waals surface area contributed by atoms with Gasteiger partial charge in [-0.1, -0.05) is 0 Å². The van der Waals surface area contributed by atoms with Gasteiger partial charge in [-0.3, -0.25) is 0 Å². The molecule has 110 valence electrons. The van der Waals surface area contributed by atoms with E-state index >= 15 is 0 Å². The Hall–Kier alpha value is -0.410. The van der Waals surface area contributed by atoms with E-state index < -0.39 is 45.7 Å². The summed E-state index contributed by atoms with van der Waals surface area (Å²) in [6.07, 6.45) is 0. The number of halogens is 6. The van der Waals surface area contributed by atoms with E-state index in [0.29, 0.717) is 0 Å². The first kappa shape index (κ1) is 17.6.